The Labute approximate surface area is 237 Å². The van der Waals surface area contributed by atoms with E-state index in [0.29, 0.717) is 30.5 Å². The lowest BCUT2D eigenvalue weighted by atomic mass is 9.70. The van der Waals surface area contributed by atoms with Gasteiger partial charge in [-0.2, -0.15) is 0 Å². The molecule has 0 spiro atoms. The number of carbonyl (C=O) groups is 1. The van der Waals surface area contributed by atoms with Crippen LogP contribution in [-0.4, -0.2) is 43.9 Å². The second-order valence-electron chi connectivity index (χ2n) is 10.6. The molecule has 1 heterocycles. The summed E-state index contributed by atoms with van der Waals surface area (Å²) in [7, 11) is -3.90. The van der Waals surface area contributed by atoms with Gasteiger partial charge in [0, 0.05) is 23.7 Å². The molecule has 2 N–H and O–H groups in total. The van der Waals surface area contributed by atoms with Crippen molar-refractivity contribution in [3.63, 3.8) is 0 Å². The fraction of sp³-hybridized carbons (Fsp3) is 0.500. The van der Waals surface area contributed by atoms with Gasteiger partial charge in [0.25, 0.3) is 5.91 Å². The molecule has 39 heavy (non-hydrogen) atoms. The minimum atomic E-state index is -3.90. The van der Waals surface area contributed by atoms with Gasteiger partial charge in [-0.05, 0) is 92.8 Å². The summed E-state index contributed by atoms with van der Waals surface area (Å²) >= 11 is 6.23. The fourth-order valence-corrected chi connectivity index (χ4v) is 6.48. The summed E-state index contributed by atoms with van der Waals surface area (Å²) in [6.07, 6.45) is 6.77. The molecule has 9 heteroatoms. The van der Waals surface area contributed by atoms with Gasteiger partial charge in [0.05, 0.1) is 17.0 Å². The average Bonchev–Trinajstić information content (AvgIpc) is 2.87. The van der Waals surface area contributed by atoms with Gasteiger partial charge in [-0.1, -0.05) is 43.2 Å². The minimum absolute atomic E-state index is 0.102. The highest BCUT2D eigenvalue weighted by Gasteiger charge is 2.37. The van der Waals surface area contributed by atoms with E-state index in [2.05, 4.69) is 16.5 Å². The standard InChI is InChI=1S/C30H39ClN2O5S/c1-4-7-21-16-25(31)13-10-24(21)19-38-29-15-12-22-17-27(29)33(5-2)18-23-11-14-26(23)28(34)9-6-8-20(3)39(36,37)32-30(22)35/h6,9-10,12-13,15-17,20,23,26,28,34H,4-5,7-8,11,14,18-19H2,1-3H3,(H,32,35)/b9-6-/t20-,23-,26+,28-/m0/s1. The second-order valence-corrected chi connectivity index (χ2v) is 13.2. The van der Waals surface area contributed by atoms with Gasteiger partial charge in [0.15, 0.2) is 0 Å². The van der Waals surface area contributed by atoms with Gasteiger partial charge < -0.3 is 14.7 Å². The molecule has 0 unspecified atom stereocenters. The lowest BCUT2D eigenvalue weighted by Gasteiger charge is -2.42. The Morgan fingerprint density at radius 1 is 1.13 bits per heavy atom. The largest absolute Gasteiger partial charge is 0.487 e. The van der Waals surface area contributed by atoms with Crippen molar-refractivity contribution < 1.29 is 23.1 Å². The Morgan fingerprint density at radius 2 is 1.92 bits per heavy atom. The number of anilines is 1. The Morgan fingerprint density at radius 3 is 2.62 bits per heavy atom. The number of hydrogen-bond donors (Lipinski definition) is 2. The maximum Gasteiger partial charge on any atom is 0.264 e. The van der Waals surface area contributed by atoms with Gasteiger partial charge >= 0.3 is 0 Å². The first-order valence-corrected chi connectivity index (χ1v) is 15.7. The number of fused-ring (bicyclic) bond motifs is 3. The van der Waals surface area contributed by atoms with Gasteiger partial charge in [0.1, 0.15) is 12.4 Å². The second kappa shape index (κ2) is 12.7. The number of allylic oxidation sites excluding steroid dienone is 1. The molecule has 1 fully saturated rings. The van der Waals surface area contributed by atoms with Crippen LogP contribution in [-0.2, 0) is 23.1 Å². The Kier molecular flexibility index (Phi) is 9.62. The molecule has 1 saturated carbocycles. The Hall–Kier alpha value is -2.55. The molecular weight excluding hydrogens is 536 g/mol. The number of aliphatic hydroxyl groups is 1. The number of benzene rings is 2. The smallest absolute Gasteiger partial charge is 0.264 e. The molecule has 1 aliphatic carbocycles. The highest BCUT2D eigenvalue weighted by atomic mass is 35.5. The number of nitrogens with one attached hydrogen (secondary N) is 1. The normalized spacial score (nSPS) is 25.9. The number of nitrogens with zero attached hydrogens (tertiary/aromatic N) is 1. The molecule has 2 aromatic carbocycles. The fourth-order valence-electron chi connectivity index (χ4n) is 5.34. The van der Waals surface area contributed by atoms with Crippen LogP contribution in [0.3, 0.4) is 0 Å². The van der Waals surface area contributed by atoms with E-state index in [-0.39, 0.29) is 23.8 Å². The molecule has 1 aliphatic heterocycles. The molecule has 2 aromatic rings. The van der Waals surface area contributed by atoms with E-state index in [1.807, 2.05) is 25.1 Å². The van der Waals surface area contributed by atoms with Gasteiger partial charge in [-0.15, -0.1) is 0 Å². The maximum atomic E-state index is 13.1. The molecule has 2 bridgehead atoms. The van der Waals surface area contributed by atoms with Crippen LogP contribution in [0.25, 0.3) is 0 Å². The number of ether oxygens (including phenoxy) is 1. The monoisotopic (exact) mass is 574 g/mol. The third-order valence-corrected chi connectivity index (χ3v) is 9.91. The zero-order chi connectivity index (χ0) is 28.2. The van der Waals surface area contributed by atoms with Crippen molar-refractivity contribution in [1.82, 2.24) is 4.72 Å². The van der Waals surface area contributed by atoms with Gasteiger partial charge in [0.2, 0.25) is 10.0 Å². The lowest BCUT2D eigenvalue weighted by molar-refractivity contribution is 0.0462. The number of halogens is 1. The first-order valence-electron chi connectivity index (χ1n) is 13.8. The van der Waals surface area contributed by atoms with Gasteiger partial charge in [-0.3, -0.25) is 4.79 Å². The summed E-state index contributed by atoms with van der Waals surface area (Å²) in [5.41, 5.74) is 3.16. The Balaban J connectivity index is 1.70. The van der Waals surface area contributed by atoms with Crippen LogP contribution in [0.2, 0.25) is 5.02 Å². The quantitative estimate of drug-likeness (QED) is 0.443. The van der Waals surface area contributed by atoms with E-state index in [0.717, 1.165) is 42.5 Å². The van der Waals surface area contributed by atoms with Crippen LogP contribution in [0.4, 0.5) is 5.69 Å². The van der Waals surface area contributed by atoms with Crippen molar-refractivity contribution in [3.8, 4) is 5.75 Å². The highest BCUT2D eigenvalue weighted by molar-refractivity contribution is 7.90. The molecule has 1 amide bonds. The average molecular weight is 575 g/mol. The predicted molar refractivity (Wildman–Crippen MR) is 156 cm³/mol. The highest BCUT2D eigenvalue weighted by Crippen LogP contribution is 2.40. The number of rotatable bonds is 6. The third kappa shape index (κ3) is 6.97. The summed E-state index contributed by atoms with van der Waals surface area (Å²) in [5.74, 6) is 0.315. The maximum absolute atomic E-state index is 13.1. The number of hydrogen-bond acceptors (Lipinski definition) is 6. The van der Waals surface area contributed by atoms with E-state index < -0.39 is 27.3 Å². The van der Waals surface area contributed by atoms with Crippen molar-refractivity contribution >= 4 is 33.2 Å². The van der Waals surface area contributed by atoms with E-state index in [4.69, 9.17) is 16.3 Å². The minimum Gasteiger partial charge on any atom is -0.487 e. The topological polar surface area (TPSA) is 95.9 Å². The number of carbonyl (C=O) groups excluding carboxylic acids is 1. The third-order valence-electron chi connectivity index (χ3n) is 7.95. The van der Waals surface area contributed by atoms with E-state index in [9.17, 15) is 18.3 Å². The molecule has 212 valence electrons. The molecule has 4 atom stereocenters. The first-order chi connectivity index (χ1) is 18.6. The summed E-state index contributed by atoms with van der Waals surface area (Å²) in [4.78, 5) is 15.2. The van der Waals surface area contributed by atoms with Crippen LogP contribution in [0.5, 0.6) is 5.75 Å². The summed E-state index contributed by atoms with van der Waals surface area (Å²) < 4.78 is 34.3. The van der Waals surface area contributed by atoms with E-state index in [1.165, 1.54) is 0 Å². The number of amides is 1. The number of aryl methyl sites for hydroxylation is 1. The SMILES string of the molecule is CCCc1cc(Cl)ccc1COc1ccc2cc1N(CC)C[C@@H]1CC[C@H]1[C@@H](O)/C=C\C[C@H](C)S(=O)(=O)NC2=O. The molecule has 4 rings (SSSR count). The van der Waals surface area contributed by atoms with Crippen LogP contribution in [0.1, 0.15) is 67.9 Å². The van der Waals surface area contributed by atoms with Crippen molar-refractivity contribution in [3.05, 3.63) is 70.3 Å². The molecule has 0 saturated heterocycles. The van der Waals surface area contributed by atoms with Crippen LogP contribution in [0, 0.1) is 11.8 Å². The predicted octanol–water partition coefficient (Wildman–Crippen LogP) is 5.49. The Bertz CT molecular complexity index is 1310. The van der Waals surface area contributed by atoms with Crippen LogP contribution in [0.15, 0.2) is 48.6 Å². The van der Waals surface area contributed by atoms with Crippen molar-refractivity contribution in [2.24, 2.45) is 11.8 Å². The summed E-state index contributed by atoms with van der Waals surface area (Å²) in [6.45, 7) is 7.41. The van der Waals surface area contributed by atoms with Crippen molar-refractivity contribution in [2.45, 2.75) is 70.8 Å². The molecular formula is C30H39ClN2O5S. The van der Waals surface area contributed by atoms with Crippen molar-refractivity contribution in [1.29, 1.82) is 0 Å². The van der Waals surface area contributed by atoms with E-state index in [1.54, 1.807) is 37.3 Å². The molecule has 2 aliphatic rings. The lowest BCUT2D eigenvalue weighted by Crippen LogP contribution is -2.43. The first kappa shape index (κ1) is 29.4. The molecule has 7 nitrogen and oxygen atoms in total. The zero-order valence-corrected chi connectivity index (χ0v) is 24.5. The number of sulfonamides is 1. The van der Waals surface area contributed by atoms with Crippen LogP contribution < -0.4 is 14.4 Å². The number of aliphatic hydroxyl groups excluding tert-OH is 1. The van der Waals surface area contributed by atoms with Gasteiger partial charge in [-0.25, -0.2) is 13.1 Å². The van der Waals surface area contributed by atoms with Crippen molar-refractivity contribution in [2.75, 3.05) is 18.0 Å². The van der Waals surface area contributed by atoms with E-state index >= 15 is 0 Å². The van der Waals surface area contributed by atoms with Crippen LogP contribution >= 0.6 is 11.6 Å². The summed E-state index contributed by atoms with van der Waals surface area (Å²) in [5, 5.41) is 10.7. The zero-order valence-electron chi connectivity index (χ0n) is 22.9. The molecule has 0 radical (unpaired) electrons. The summed E-state index contributed by atoms with van der Waals surface area (Å²) in [6, 6.07) is 10.9. The molecule has 0 aromatic heterocycles.